The number of hydrogen-bond donors (Lipinski definition) is 1. The Kier molecular flexibility index (Phi) is 5.21. The Labute approximate surface area is 172 Å². The van der Waals surface area contributed by atoms with E-state index in [1.54, 1.807) is 19.1 Å². The third-order valence-corrected chi connectivity index (χ3v) is 7.44. The van der Waals surface area contributed by atoms with Gasteiger partial charge in [-0.1, -0.05) is 0 Å². The van der Waals surface area contributed by atoms with E-state index in [1.807, 2.05) is 0 Å². The first-order valence-electron chi connectivity index (χ1n) is 10.4. The molecular weight excluding hydrogens is 390 g/mol. The molecule has 6 nitrogen and oxygen atoms in total. The molecule has 29 heavy (non-hydrogen) atoms. The van der Waals surface area contributed by atoms with Crippen LogP contribution in [0.1, 0.15) is 62.2 Å². The zero-order chi connectivity index (χ0) is 20.8. The fourth-order valence-corrected chi connectivity index (χ4v) is 6.82. The quantitative estimate of drug-likeness (QED) is 0.537. The van der Waals surface area contributed by atoms with E-state index in [9.17, 15) is 18.0 Å². The molecule has 4 saturated carbocycles. The highest BCUT2D eigenvalue weighted by molar-refractivity contribution is 7.92. The van der Waals surface area contributed by atoms with Gasteiger partial charge in [0.25, 0.3) is 0 Å². The number of anilines is 1. The number of benzene rings is 1. The molecule has 0 spiro atoms. The molecule has 0 radical (unpaired) electrons. The van der Waals surface area contributed by atoms with E-state index in [1.165, 1.54) is 31.4 Å². The van der Waals surface area contributed by atoms with Gasteiger partial charge in [0.15, 0.2) is 6.10 Å². The second-order valence-electron chi connectivity index (χ2n) is 9.54. The average Bonchev–Trinajstić information content (AvgIpc) is 2.58. The van der Waals surface area contributed by atoms with Crippen LogP contribution < -0.4 is 4.72 Å². The van der Waals surface area contributed by atoms with Gasteiger partial charge in [0.2, 0.25) is 15.8 Å². The zero-order valence-electron chi connectivity index (χ0n) is 17.0. The molecule has 1 aromatic carbocycles. The van der Waals surface area contributed by atoms with Gasteiger partial charge in [0.1, 0.15) is 0 Å². The summed E-state index contributed by atoms with van der Waals surface area (Å²) < 4.78 is 30.4. The van der Waals surface area contributed by atoms with Crippen LogP contribution in [0.5, 0.6) is 0 Å². The van der Waals surface area contributed by atoms with Crippen LogP contribution >= 0.6 is 0 Å². The third-order valence-electron chi connectivity index (χ3n) is 6.83. The molecule has 0 unspecified atom stereocenters. The summed E-state index contributed by atoms with van der Waals surface area (Å²) in [6.45, 7) is 1.60. The average molecular weight is 420 g/mol. The minimum atomic E-state index is -3.37. The lowest BCUT2D eigenvalue weighted by molar-refractivity contribution is -0.154. The summed E-state index contributed by atoms with van der Waals surface area (Å²) in [6, 6.07) is 6.13. The standard InChI is InChI=1S/C22H29NO5S/c1-14(21(25)18-3-5-19(6-4-18)23-29(2,26)27)28-20(24)13-22-10-15-7-16(11-22)9-17(8-15)12-22/h3-6,14-17,23H,7-13H2,1-2H3/t14-,15?,16?,17?,22?/m1/s1. The van der Waals surface area contributed by atoms with E-state index >= 15 is 0 Å². The second-order valence-corrected chi connectivity index (χ2v) is 11.3. The fraction of sp³-hybridized carbons (Fsp3) is 0.636. The Bertz CT molecular complexity index is 870. The van der Waals surface area contributed by atoms with E-state index < -0.39 is 16.1 Å². The lowest BCUT2D eigenvalue weighted by atomic mass is 9.49. The van der Waals surface area contributed by atoms with Crippen LogP contribution in [-0.2, 0) is 19.6 Å². The largest absolute Gasteiger partial charge is 0.454 e. The van der Waals surface area contributed by atoms with Gasteiger partial charge < -0.3 is 4.74 Å². The molecule has 0 aliphatic heterocycles. The lowest BCUT2D eigenvalue weighted by Gasteiger charge is -2.56. The number of sulfonamides is 1. The van der Waals surface area contributed by atoms with Crippen molar-refractivity contribution in [2.75, 3.05) is 11.0 Å². The van der Waals surface area contributed by atoms with Crippen molar-refractivity contribution in [2.24, 2.45) is 23.2 Å². The SMILES string of the molecule is C[C@@H](OC(=O)CC12CC3CC(CC(C3)C1)C2)C(=O)c1ccc(NS(C)(=O)=O)cc1. The summed E-state index contributed by atoms with van der Waals surface area (Å²) in [6.07, 6.45) is 8.00. The van der Waals surface area contributed by atoms with E-state index in [2.05, 4.69) is 4.72 Å². The molecule has 0 amide bonds. The first-order valence-corrected chi connectivity index (χ1v) is 12.3. The highest BCUT2D eigenvalue weighted by atomic mass is 32.2. The Morgan fingerprint density at radius 1 is 1.07 bits per heavy atom. The van der Waals surface area contributed by atoms with Gasteiger partial charge >= 0.3 is 5.97 Å². The lowest BCUT2D eigenvalue weighted by Crippen LogP contribution is -2.47. The maximum Gasteiger partial charge on any atom is 0.307 e. The van der Waals surface area contributed by atoms with E-state index in [4.69, 9.17) is 4.74 Å². The van der Waals surface area contributed by atoms with Crippen molar-refractivity contribution >= 4 is 27.5 Å². The van der Waals surface area contributed by atoms with Crippen LogP contribution in [0.25, 0.3) is 0 Å². The molecule has 0 heterocycles. The molecule has 4 bridgehead atoms. The molecule has 1 N–H and O–H groups in total. The molecule has 7 heteroatoms. The molecule has 0 aromatic heterocycles. The van der Waals surface area contributed by atoms with Crippen molar-refractivity contribution in [3.05, 3.63) is 29.8 Å². The fourth-order valence-electron chi connectivity index (χ4n) is 6.26. The number of Topliss-reactive ketones (excluding diaryl/α,β-unsaturated/α-hetero) is 1. The second kappa shape index (κ2) is 7.42. The first kappa shape index (κ1) is 20.4. The van der Waals surface area contributed by atoms with Gasteiger partial charge in [0.05, 0.1) is 12.7 Å². The van der Waals surface area contributed by atoms with Crippen LogP contribution in [-0.4, -0.2) is 32.5 Å². The van der Waals surface area contributed by atoms with Gasteiger partial charge in [-0.15, -0.1) is 0 Å². The normalized spacial score (nSPS) is 31.3. The summed E-state index contributed by atoms with van der Waals surface area (Å²) >= 11 is 0. The number of nitrogens with one attached hydrogen (secondary N) is 1. The van der Waals surface area contributed by atoms with E-state index in [0.717, 1.165) is 43.3 Å². The van der Waals surface area contributed by atoms with Crippen molar-refractivity contribution in [3.63, 3.8) is 0 Å². The van der Waals surface area contributed by atoms with Crippen LogP contribution in [0.3, 0.4) is 0 Å². The van der Waals surface area contributed by atoms with Crippen LogP contribution in [0, 0.1) is 23.2 Å². The highest BCUT2D eigenvalue weighted by Gasteiger charge is 2.51. The first-order chi connectivity index (χ1) is 13.6. The molecule has 4 aliphatic carbocycles. The molecule has 5 rings (SSSR count). The monoisotopic (exact) mass is 419 g/mol. The molecule has 1 atom stereocenters. The number of carbonyl (C=O) groups is 2. The zero-order valence-corrected chi connectivity index (χ0v) is 17.8. The molecule has 1 aromatic rings. The maximum absolute atomic E-state index is 12.6. The van der Waals surface area contributed by atoms with Crippen molar-refractivity contribution in [1.82, 2.24) is 0 Å². The Balaban J connectivity index is 1.34. The van der Waals surface area contributed by atoms with Crippen LogP contribution in [0.4, 0.5) is 5.69 Å². The van der Waals surface area contributed by atoms with Crippen molar-refractivity contribution in [3.8, 4) is 0 Å². The van der Waals surface area contributed by atoms with Crippen molar-refractivity contribution < 1.29 is 22.7 Å². The van der Waals surface area contributed by atoms with Crippen molar-refractivity contribution in [1.29, 1.82) is 0 Å². The summed E-state index contributed by atoms with van der Waals surface area (Å²) in [5.41, 5.74) is 0.864. The predicted octanol–water partition coefficient (Wildman–Crippen LogP) is 3.78. The minimum absolute atomic E-state index is 0.0908. The summed E-state index contributed by atoms with van der Waals surface area (Å²) in [7, 11) is -3.37. The summed E-state index contributed by atoms with van der Waals surface area (Å²) in [4.78, 5) is 25.3. The molecule has 4 fully saturated rings. The summed E-state index contributed by atoms with van der Waals surface area (Å²) in [5.74, 6) is 1.75. The van der Waals surface area contributed by atoms with Crippen molar-refractivity contribution in [2.45, 2.75) is 58.0 Å². The third kappa shape index (κ3) is 4.65. The van der Waals surface area contributed by atoms with E-state index in [0.29, 0.717) is 17.7 Å². The Morgan fingerprint density at radius 3 is 2.07 bits per heavy atom. The topological polar surface area (TPSA) is 89.5 Å². The predicted molar refractivity (Wildman–Crippen MR) is 110 cm³/mol. The molecule has 158 valence electrons. The number of ether oxygens (including phenoxy) is 1. The van der Waals surface area contributed by atoms with Gasteiger partial charge in [-0.25, -0.2) is 8.42 Å². The van der Waals surface area contributed by atoms with E-state index in [-0.39, 0.29) is 17.2 Å². The number of ketones is 1. The number of hydrogen-bond acceptors (Lipinski definition) is 5. The highest BCUT2D eigenvalue weighted by Crippen LogP contribution is 2.61. The Hall–Kier alpha value is -1.89. The van der Waals surface area contributed by atoms with Crippen LogP contribution in [0.15, 0.2) is 24.3 Å². The molecular formula is C22H29NO5S. The Morgan fingerprint density at radius 2 is 1.59 bits per heavy atom. The molecule has 0 saturated heterocycles. The minimum Gasteiger partial charge on any atom is -0.454 e. The van der Waals surface area contributed by atoms with Gasteiger partial charge in [-0.2, -0.15) is 0 Å². The number of carbonyl (C=O) groups excluding carboxylic acids is 2. The molecule has 4 aliphatic rings. The van der Waals surface area contributed by atoms with Gasteiger partial charge in [-0.05, 0) is 92.9 Å². The van der Waals surface area contributed by atoms with Gasteiger partial charge in [-0.3, -0.25) is 14.3 Å². The summed E-state index contributed by atoms with van der Waals surface area (Å²) in [5, 5.41) is 0. The van der Waals surface area contributed by atoms with Gasteiger partial charge in [0, 0.05) is 11.3 Å². The van der Waals surface area contributed by atoms with Crippen LogP contribution in [0.2, 0.25) is 0 Å². The number of esters is 1. The number of rotatable bonds is 7. The maximum atomic E-state index is 12.6. The smallest absolute Gasteiger partial charge is 0.307 e.